The van der Waals surface area contributed by atoms with Gasteiger partial charge in [-0.3, -0.25) is 10.1 Å². The minimum absolute atomic E-state index is 0.111. The molecule has 2 aromatic carbocycles. The summed E-state index contributed by atoms with van der Waals surface area (Å²) < 4.78 is 12.9. The second-order valence-electron chi connectivity index (χ2n) is 5.30. The minimum Gasteiger partial charge on any atom is -0.387 e. The van der Waals surface area contributed by atoms with Gasteiger partial charge in [0, 0.05) is 6.54 Å². The number of nitrogens with one attached hydrogen (secondary N) is 1. The van der Waals surface area contributed by atoms with Crippen molar-refractivity contribution in [2.75, 3.05) is 6.54 Å². The fraction of sp³-hybridized carbons (Fsp3) is 0.235. The molecule has 2 rings (SSSR count). The Morgan fingerprint density at radius 2 is 1.82 bits per heavy atom. The van der Waals surface area contributed by atoms with E-state index < -0.39 is 17.6 Å². The molecule has 4 nitrogen and oxygen atoms in total. The van der Waals surface area contributed by atoms with Gasteiger partial charge in [-0.25, -0.2) is 4.39 Å². The number of aliphatic hydroxyl groups is 1. The number of halogens is 1. The molecule has 5 heteroatoms. The first-order chi connectivity index (χ1) is 10.4. The van der Waals surface area contributed by atoms with Gasteiger partial charge in [0.1, 0.15) is 11.4 Å². The molecule has 0 heterocycles. The number of carbonyl (C=O) groups excluding carboxylic acids is 1. The number of hydrogen-bond acceptors (Lipinski definition) is 3. The zero-order chi connectivity index (χ0) is 16.2. The van der Waals surface area contributed by atoms with E-state index in [-0.39, 0.29) is 12.4 Å². The molecule has 2 aromatic rings. The molecule has 0 radical (unpaired) electrons. The Balaban J connectivity index is 2.12. The molecule has 116 valence electrons. The topological polar surface area (TPSA) is 75.3 Å². The lowest BCUT2D eigenvalue weighted by atomic mass is 9.91. The summed E-state index contributed by atoms with van der Waals surface area (Å²) in [7, 11) is 0. The van der Waals surface area contributed by atoms with Crippen LogP contribution in [0.2, 0.25) is 0 Å². The summed E-state index contributed by atoms with van der Waals surface area (Å²) in [5.74, 6) is -0.903. The van der Waals surface area contributed by atoms with Crippen molar-refractivity contribution < 1.29 is 14.3 Å². The smallest absolute Gasteiger partial charge is 0.242 e. The van der Waals surface area contributed by atoms with Crippen LogP contribution in [0.5, 0.6) is 0 Å². The van der Waals surface area contributed by atoms with Crippen molar-refractivity contribution in [2.24, 2.45) is 5.73 Å². The van der Waals surface area contributed by atoms with Crippen molar-refractivity contribution in [1.29, 1.82) is 0 Å². The molecular formula is C17H19FN2O2. The Morgan fingerprint density at radius 1 is 1.23 bits per heavy atom. The van der Waals surface area contributed by atoms with Crippen LogP contribution in [0.3, 0.4) is 0 Å². The standard InChI is InChI=1S/C17H19FN2O2/c1-17(16(19)22,13-5-3-2-4-6-13)20-11-15(21)12-7-9-14(18)10-8-12/h2-10,15,20-21H,11H2,1H3,(H2,19,22). The number of carbonyl (C=O) groups is 1. The van der Waals surface area contributed by atoms with Gasteiger partial charge in [-0.05, 0) is 30.2 Å². The van der Waals surface area contributed by atoms with Gasteiger partial charge in [0.15, 0.2) is 0 Å². The zero-order valence-electron chi connectivity index (χ0n) is 12.3. The largest absolute Gasteiger partial charge is 0.387 e. The molecular weight excluding hydrogens is 283 g/mol. The van der Waals surface area contributed by atoms with Crippen molar-refractivity contribution in [3.05, 3.63) is 71.5 Å². The van der Waals surface area contributed by atoms with E-state index in [1.807, 2.05) is 18.2 Å². The molecule has 0 aliphatic rings. The van der Waals surface area contributed by atoms with Crippen LogP contribution in [0.15, 0.2) is 54.6 Å². The quantitative estimate of drug-likeness (QED) is 0.762. The summed E-state index contributed by atoms with van der Waals surface area (Å²) in [5, 5.41) is 13.2. The highest BCUT2D eigenvalue weighted by molar-refractivity contribution is 5.85. The summed E-state index contributed by atoms with van der Waals surface area (Å²) in [6.45, 7) is 1.78. The van der Waals surface area contributed by atoms with Crippen LogP contribution in [-0.2, 0) is 10.3 Å². The zero-order valence-corrected chi connectivity index (χ0v) is 12.3. The summed E-state index contributed by atoms with van der Waals surface area (Å²) in [6, 6.07) is 14.6. The second-order valence-corrected chi connectivity index (χ2v) is 5.30. The summed E-state index contributed by atoms with van der Waals surface area (Å²) in [6.07, 6.45) is -0.872. The molecule has 0 saturated carbocycles. The summed E-state index contributed by atoms with van der Waals surface area (Å²) in [5.41, 5.74) is 5.70. The highest BCUT2D eigenvalue weighted by Crippen LogP contribution is 2.21. The molecule has 0 aliphatic carbocycles. The Hall–Kier alpha value is -2.24. The van der Waals surface area contributed by atoms with Crippen LogP contribution in [0.1, 0.15) is 24.2 Å². The first-order valence-electron chi connectivity index (χ1n) is 6.97. The average Bonchev–Trinajstić information content (AvgIpc) is 2.53. The third-order valence-corrected chi connectivity index (χ3v) is 3.75. The predicted molar refractivity (Wildman–Crippen MR) is 82.4 cm³/mol. The van der Waals surface area contributed by atoms with Crippen molar-refractivity contribution in [3.63, 3.8) is 0 Å². The molecule has 0 aromatic heterocycles. The van der Waals surface area contributed by atoms with E-state index in [0.29, 0.717) is 11.1 Å². The molecule has 2 unspecified atom stereocenters. The molecule has 0 saturated heterocycles. The Morgan fingerprint density at radius 3 is 2.36 bits per heavy atom. The van der Waals surface area contributed by atoms with Crippen LogP contribution >= 0.6 is 0 Å². The first-order valence-corrected chi connectivity index (χ1v) is 6.97. The minimum atomic E-state index is -1.09. The van der Waals surface area contributed by atoms with Crippen LogP contribution in [-0.4, -0.2) is 17.6 Å². The SMILES string of the molecule is CC(NCC(O)c1ccc(F)cc1)(C(N)=O)c1ccccc1. The Labute approximate surface area is 128 Å². The summed E-state index contributed by atoms with van der Waals surface area (Å²) in [4.78, 5) is 11.8. The number of benzene rings is 2. The van der Waals surface area contributed by atoms with E-state index in [1.165, 1.54) is 24.3 Å². The second kappa shape index (κ2) is 6.68. The third kappa shape index (κ3) is 3.50. The van der Waals surface area contributed by atoms with Gasteiger partial charge in [-0.2, -0.15) is 0 Å². The lowest BCUT2D eigenvalue weighted by Crippen LogP contribution is -2.51. The molecule has 0 spiro atoms. The number of nitrogens with two attached hydrogens (primary N) is 1. The number of rotatable bonds is 6. The van der Waals surface area contributed by atoms with Crippen molar-refractivity contribution in [2.45, 2.75) is 18.6 Å². The lowest BCUT2D eigenvalue weighted by molar-refractivity contribution is -0.124. The van der Waals surface area contributed by atoms with Crippen molar-refractivity contribution >= 4 is 5.91 Å². The molecule has 0 fully saturated rings. The highest BCUT2D eigenvalue weighted by atomic mass is 19.1. The highest BCUT2D eigenvalue weighted by Gasteiger charge is 2.33. The molecule has 1 amide bonds. The number of amides is 1. The van der Waals surface area contributed by atoms with Crippen LogP contribution < -0.4 is 11.1 Å². The maximum absolute atomic E-state index is 12.9. The molecule has 4 N–H and O–H groups in total. The van der Waals surface area contributed by atoms with Crippen molar-refractivity contribution in [1.82, 2.24) is 5.32 Å². The number of primary amides is 1. The van der Waals surface area contributed by atoms with E-state index in [4.69, 9.17) is 5.73 Å². The normalized spacial score (nSPS) is 15.0. The van der Waals surface area contributed by atoms with E-state index in [0.717, 1.165) is 0 Å². The van der Waals surface area contributed by atoms with Gasteiger partial charge in [0.25, 0.3) is 0 Å². The monoisotopic (exact) mass is 302 g/mol. The fourth-order valence-corrected chi connectivity index (χ4v) is 2.21. The fourth-order valence-electron chi connectivity index (χ4n) is 2.21. The van der Waals surface area contributed by atoms with Crippen molar-refractivity contribution in [3.8, 4) is 0 Å². The number of aliphatic hydroxyl groups excluding tert-OH is 1. The predicted octanol–water partition coefficient (Wildman–Crippen LogP) is 1.85. The molecule has 22 heavy (non-hydrogen) atoms. The number of hydrogen-bond donors (Lipinski definition) is 3. The van der Waals surface area contributed by atoms with Gasteiger partial charge in [-0.15, -0.1) is 0 Å². The summed E-state index contributed by atoms with van der Waals surface area (Å²) >= 11 is 0. The van der Waals surface area contributed by atoms with Crippen LogP contribution in [0.4, 0.5) is 4.39 Å². The van der Waals surface area contributed by atoms with E-state index in [2.05, 4.69) is 5.32 Å². The van der Waals surface area contributed by atoms with E-state index in [1.54, 1.807) is 19.1 Å². The molecule has 0 bridgehead atoms. The van der Waals surface area contributed by atoms with Gasteiger partial charge >= 0.3 is 0 Å². The third-order valence-electron chi connectivity index (χ3n) is 3.75. The lowest BCUT2D eigenvalue weighted by Gasteiger charge is -2.29. The Kier molecular flexibility index (Phi) is 4.90. The maximum Gasteiger partial charge on any atom is 0.242 e. The van der Waals surface area contributed by atoms with Gasteiger partial charge in [0.05, 0.1) is 6.10 Å². The van der Waals surface area contributed by atoms with Gasteiger partial charge < -0.3 is 10.8 Å². The van der Waals surface area contributed by atoms with Crippen LogP contribution in [0.25, 0.3) is 0 Å². The van der Waals surface area contributed by atoms with E-state index in [9.17, 15) is 14.3 Å². The van der Waals surface area contributed by atoms with Gasteiger partial charge in [0.2, 0.25) is 5.91 Å². The molecule has 2 atom stereocenters. The first kappa shape index (κ1) is 16.1. The average molecular weight is 302 g/mol. The maximum atomic E-state index is 12.9. The Bertz CT molecular complexity index is 631. The van der Waals surface area contributed by atoms with Crippen LogP contribution in [0, 0.1) is 5.82 Å². The molecule has 0 aliphatic heterocycles. The van der Waals surface area contributed by atoms with E-state index >= 15 is 0 Å². The van der Waals surface area contributed by atoms with Gasteiger partial charge in [-0.1, -0.05) is 42.5 Å².